The number of rotatable bonds is 15. The third-order valence-corrected chi connectivity index (χ3v) is 10.6. The maximum atomic E-state index is 13.0. The van der Waals surface area contributed by atoms with E-state index in [0.29, 0.717) is 24.2 Å². The fourth-order valence-corrected chi connectivity index (χ4v) is 6.02. The van der Waals surface area contributed by atoms with Crippen LogP contribution in [0.4, 0.5) is 10.5 Å². The highest BCUT2D eigenvalue weighted by Crippen LogP contribution is 2.19. The van der Waals surface area contributed by atoms with Crippen LogP contribution >= 0.6 is 0 Å². The number of hydrogen-bond acceptors (Lipinski definition) is 9. The standard InChI is InChI=1S/C31H47N7O5Si2/c1-8-9-22(28(40)32-14-16-44(2,3)4)18-25(39)21-10-12-23(13-11-21)33-19-24-20-34-27-26(35-24)29(41)37-30(36-27)38-31(42)43-15-17-45(5,6)7/h10-13,20,22,26,33H,8-9,14-19H2,1-7H3,(H,32,40)(H,37,38,41,42)/t22-,26?/m1/s1. The second-order valence-corrected chi connectivity index (χ2v) is 25.0. The summed E-state index contributed by atoms with van der Waals surface area (Å²) in [5, 5.41) is 8.64. The van der Waals surface area contributed by atoms with E-state index < -0.39 is 34.2 Å². The van der Waals surface area contributed by atoms with Crippen molar-refractivity contribution < 1.29 is 23.9 Å². The molecule has 0 spiro atoms. The number of fused-ring (bicyclic) bond motifs is 1. The van der Waals surface area contributed by atoms with Crippen molar-refractivity contribution in [3.63, 3.8) is 0 Å². The van der Waals surface area contributed by atoms with Gasteiger partial charge < -0.3 is 15.4 Å². The summed E-state index contributed by atoms with van der Waals surface area (Å²) >= 11 is 0. The van der Waals surface area contributed by atoms with E-state index in [-0.39, 0.29) is 49.0 Å². The number of benzene rings is 1. The molecule has 3 amide bonds. The zero-order valence-electron chi connectivity index (χ0n) is 27.5. The number of Topliss-reactive ketones (excluding diaryl/α,β-unsaturated/α-hetero) is 1. The first-order valence-electron chi connectivity index (χ1n) is 15.5. The normalized spacial score (nSPS) is 16.9. The van der Waals surface area contributed by atoms with Crippen LogP contribution in [-0.2, 0) is 14.3 Å². The zero-order chi connectivity index (χ0) is 33.2. The van der Waals surface area contributed by atoms with E-state index in [9.17, 15) is 19.2 Å². The van der Waals surface area contributed by atoms with Gasteiger partial charge in [-0.05, 0) is 42.8 Å². The molecule has 45 heavy (non-hydrogen) atoms. The van der Waals surface area contributed by atoms with Crippen molar-refractivity contribution in [2.24, 2.45) is 25.9 Å². The molecule has 1 aromatic rings. The van der Waals surface area contributed by atoms with Gasteiger partial charge in [0, 0.05) is 46.3 Å². The lowest BCUT2D eigenvalue weighted by Crippen LogP contribution is -2.41. The van der Waals surface area contributed by atoms with Crippen LogP contribution in [0, 0.1) is 5.92 Å². The highest BCUT2D eigenvalue weighted by Gasteiger charge is 2.31. The first kappa shape index (κ1) is 35.7. The van der Waals surface area contributed by atoms with Gasteiger partial charge in [-0.25, -0.2) is 9.79 Å². The molecule has 0 aliphatic carbocycles. The lowest BCUT2D eigenvalue weighted by molar-refractivity contribution is -0.125. The van der Waals surface area contributed by atoms with Crippen LogP contribution in [0.2, 0.25) is 51.4 Å². The summed E-state index contributed by atoms with van der Waals surface area (Å²) < 4.78 is 5.18. The van der Waals surface area contributed by atoms with E-state index in [4.69, 9.17) is 4.74 Å². The number of alkyl carbamates (subject to hydrolysis) is 1. The average Bonchev–Trinajstić information content (AvgIpc) is 2.94. The molecule has 3 N–H and O–H groups in total. The van der Waals surface area contributed by atoms with Crippen LogP contribution in [0.15, 0.2) is 44.2 Å². The smallest absolute Gasteiger partial charge is 0.414 e. The van der Waals surface area contributed by atoms with E-state index in [1.165, 1.54) is 6.21 Å². The minimum Gasteiger partial charge on any atom is -0.450 e. The average molecular weight is 654 g/mol. The van der Waals surface area contributed by atoms with Gasteiger partial charge >= 0.3 is 6.09 Å². The molecular formula is C31H47N7O5Si2. The number of amides is 3. The predicted molar refractivity (Wildman–Crippen MR) is 186 cm³/mol. The predicted octanol–water partition coefficient (Wildman–Crippen LogP) is 4.80. The molecule has 2 atom stereocenters. The van der Waals surface area contributed by atoms with E-state index in [0.717, 1.165) is 24.2 Å². The maximum Gasteiger partial charge on any atom is 0.414 e. The summed E-state index contributed by atoms with van der Waals surface area (Å²) in [4.78, 5) is 67.2. The third kappa shape index (κ3) is 12.3. The van der Waals surface area contributed by atoms with Gasteiger partial charge in [-0.3, -0.25) is 24.7 Å². The maximum absolute atomic E-state index is 13.0. The molecule has 14 heteroatoms. The Bertz CT molecular complexity index is 1380. The van der Waals surface area contributed by atoms with E-state index in [1.807, 2.05) is 6.92 Å². The Hall–Kier alpha value is -3.79. The summed E-state index contributed by atoms with van der Waals surface area (Å²) in [6.45, 7) is 16.6. The number of amidine groups is 1. The van der Waals surface area contributed by atoms with E-state index in [2.05, 4.69) is 75.2 Å². The summed E-state index contributed by atoms with van der Waals surface area (Å²) in [5.41, 5.74) is 1.82. The molecule has 244 valence electrons. The van der Waals surface area contributed by atoms with Crippen LogP contribution in [0.3, 0.4) is 0 Å². The SMILES string of the molecule is CCC[C@H](CC(=O)c1ccc(NCC2=NC3C(=O)N=C(NC(=O)OCC[Si](C)(C)C)N=C3N=C2)cc1)C(=O)NCC[Si](C)(C)C. The number of guanidine groups is 1. The minimum absolute atomic E-state index is 0.0464. The Morgan fingerprint density at radius 3 is 2.31 bits per heavy atom. The van der Waals surface area contributed by atoms with Gasteiger partial charge in [0.1, 0.15) is 0 Å². The Balaban J connectivity index is 1.50. The lowest BCUT2D eigenvalue weighted by atomic mass is 9.93. The molecule has 0 saturated carbocycles. The van der Waals surface area contributed by atoms with Crippen LogP contribution in [0.5, 0.6) is 0 Å². The number of carbonyl (C=O) groups excluding carboxylic acids is 4. The highest BCUT2D eigenvalue weighted by atomic mass is 28.3. The van der Waals surface area contributed by atoms with Crippen molar-refractivity contribution in [3.8, 4) is 0 Å². The Labute approximate surface area is 267 Å². The summed E-state index contributed by atoms with van der Waals surface area (Å²) in [5.74, 6) is -1.07. The Morgan fingerprint density at radius 1 is 0.978 bits per heavy atom. The van der Waals surface area contributed by atoms with Crippen LogP contribution < -0.4 is 16.0 Å². The Morgan fingerprint density at radius 2 is 1.67 bits per heavy atom. The zero-order valence-corrected chi connectivity index (χ0v) is 29.5. The third-order valence-electron chi connectivity index (χ3n) is 7.15. The van der Waals surface area contributed by atoms with Gasteiger partial charge in [-0.2, -0.15) is 9.98 Å². The number of carbonyl (C=O) groups is 4. The quantitative estimate of drug-likeness (QED) is 0.182. The molecule has 2 aliphatic heterocycles. The van der Waals surface area contributed by atoms with Crippen molar-refractivity contribution in [2.45, 2.75) is 83.6 Å². The van der Waals surface area contributed by atoms with Crippen molar-refractivity contribution in [1.82, 2.24) is 10.6 Å². The second-order valence-electron chi connectivity index (χ2n) is 13.7. The number of hydrogen-bond donors (Lipinski definition) is 3. The van der Waals surface area contributed by atoms with Gasteiger partial charge in [0.2, 0.25) is 11.9 Å². The summed E-state index contributed by atoms with van der Waals surface area (Å²) in [7, 11) is -2.61. The van der Waals surface area contributed by atoms with E-state index >= 15 is 0 Å². The molecule has 0 bridgehead atoms. The van der Waals surface area contributed by atoms with Crippen molar-refractivity contribution in [1.29, 1.82) is 0 Å². The molecule has 2 aliphatic rings. The van der Waals surface area contributed by atoms with E-state index in [1.54, 1.807) is 24.3 Å². The fourth-order valence-electron chi connectivity index (χ4n) is 4.43. The number of ketones is 1. The van der Waals surface area contributed by atoms with Crippen molar-refractivity contribution >= 4 is 69.2 Å². The topological polar surface area (TPSA) is 163 Å². The number of nitrogens with zero attached hydrogens (tertiary/aromatic N) is 4. The molecule has 0 fully saturated rings. The molecule has 0 aromatic heterocycles. The number of aliphatic imine (C=N–C) groups is 4. The van der Waals surface area contributed by atoms with Crippen molar-refractivity contribution in [3.05, 3.63) is 29.8 Å². The Kier molecular flexibility index (Phi) is 12.7. The van der Waals surface area contributed by atoms with Crippen LogP contribution in [0.25, 0.3) is 0 Å². The van der Waals surface area contributed by atoms with Gasteiger partial charge in [0.25, 0.3) is 5.91 Å². The number of ether oxygens (including phenoxy) is 1. The van der Waals surface area contributed by atoms with Gasteiger partial charge in [0.05, 0.1) is 25.1 Å². The molecule has 0 saturated heterocycles. The molecule has 1 aromatic carbocycles. The first-order chi connectivity index (χ1) is 21.1. The highest BCUT2D eigenvalue weighted by molar-refractivity contribution is 6.76. The minimum atomic E-state index is -1.35. The van der Waals surface area contributed by atoms with Crippen LogP contribution in [-0.4, -0.2) is 89.3 Å². The molecular weight excluding hydrogens is 607 g/mol. The molecule has 0 radical (unpaired) electrons. The number of anilines is 1. The monoisotopic (exact) mass is 653 g/mol. The van der Waals surface area contributed by atoms with Gasteiger partial charge in [-0.15, -0.1) is 0 Å². The largest absolute Gasteiger partial charge is 0.450 e. The van der Waals surface area contributed by atoms with Crippen molar-refractivity contribution in [2.75, 3.05) is 25.0 Å². The van der Waals surface area contributed by atoms with Gasteiger partial charge in [0.15, 0.2) is 17.7 Å². The summed E-state index contributed by atoms with van der Waals surface area (Å²) in [6.07, 6.45) is 2.45. The lowest BCUT2D eigenvalue weighted by Gasteiger charge is -2.19. The van der Waals surface area contributed by atoms with Crippen LogP contribution in [0.1, 0.15) is 36.5 Å². The molecule has 1 unspecified atom stereocenters. The summed E-state index contributed by atoms with van der Waals surface area (Å²) in [6, 6.07) is 7.90. The number of nitrogens with one attached hydrogen (secondary N) is 3. The first-order valence-corrected chi connectivity index (χ1v) is 23.0. The fraction of sp³-hybridized carbons (Fsp3) is 0.548. The molecule has 2 heterocycles. The van der Waals surface area contributed by atoms with Gasteiger partial charge in [-0.1, -0.05) is 52.6 Å². The molecule has 12 nitrogen and oxygen atoms in total. The second kappa shape index (κ2) is 16.0. The molecule has 3 rings (SSSR count).